The predicted molar refractivity (Wildman–Crippen MR) is 88.6 cm³/mol. The van der Waals surface area contributed by atoms with Crippen molar-refractivity contribution in [3.8, 4) is 0 Å². The van der Waals surface area contributed by atoms with Gasteiger partial charge in [-0.1, -0.05) is 35.5 Å². The van der Waals surface area contributed by atoms with Gasteiger partial charge < -0.3 is 19.9 Å². The van der Waals surface area contributed by atoms with E-state index in [0.717, 1.165) is 6.07 Å². The smallest absolute Gasteiger partial charge is 0.441 e. The summed E-state index contributed by atoms with van der Waals surface area (Å²) in [5.74, 6) is -2.90. The minimum atomic E-state index is -5.22. The lowest BCUT2D eigenvalue weighted by Gasteiger charge is -2.34. The summed E-state index contributed by atoms with van der Waals surface area (Å²) in [7, 11) is 0. The van der Waals surface area contributed by atoms with Gasteiger partial charge in [-0.15, -0.1) is 0 Å². The van der Waals surface area contributed by atoms with E-state index in [1.54, 1.807) is 35.6 Å². The molecule has 0 saturated carbocycles. The number of aryl methyl sites for hydroxylation is 1. The molecule has 2 N–H and O–H groups in total. The van der Waals surface area contributed by atoms with E-state index in [2.05, 4.69) is 9.89 Å². The maximum absolute atomic E-state index is 13.9. The van der Waals surface area contributed by atoms with Crippen molar-refractivity contribution in [2.75, 3.05) is 11.9 Å². The zero-order chi connectivity index (χ0) is 20.1. The van der Waals surface area contributed by atoms with Crippen LogP contribution in [-0.2, 0) is 20.7 Å². The normalized spacial score (nSPS) is 13.5. The number of nitrogens with one attached hydrogen (secondary N) is 2. The summed E-state index contributed by atoms with van der Waals surface area (Å²) in [6.45, 7) is 2.50. The highest BCUT2D eigenvalue weighted by atomic mass is 19.4. The third-order valence-corrected chi connectivity index (χ3v) is 3.48. The molecule has 27 heavy (non-hydrogen) atoms. The zero-order valence-electron chi connectivity index (χ0n) is 14.6. The van der Waals surface area contributed by atoms with E-state index in [9.17, 15) is 22.8 Å². The van der Waals surface area contributed by atoms with Crippen LogP contribution in [0.3, 0.4) is 0 Å². The number of carbonyl (C=O) groups excluding carboxylic acids is 2. The first-order valence-electron chi connectivity index (χ1n) is 7.98. The summed E-state index contributed by atoms with van der Waals surface area (Å²) in [4.78, 5) is 24.5. The fourth-order valence-corrected chi connectivity index (χ4v) is 2.28. The Kier molecular flexibility index (Phi) is 6.09. The van der Waals surface area contributed by atoms with Gasteiger partial charge >= 0.3 is 17.8 Å². The molecule has 1 amide bonds. The second kappa shape index (κ2) is 8.11. The first-order chi connectivity index (χ1) is 12.7. The minimum absolute atomic E-state index is 0.216. The molecule has 2 rings (SSSR count). The molecule has 0 fully saturated rings. The van der Waals surface area contributed by atoms with Gasteiger partial charge in [0.25, 0.3) is 0 Å². The van der Waals surface area contributed by atoms with Crippen LogP contribution in [0, 0.1) is 6.92 Å². The Hall–Kier alpha value is -3.04. The Labute approximate surface area is 152 Å². The van der Waals surface area contributed by atoms with Gasteiger partial charge in [-0.3, -0.25) is 4.79 Å². The number of hydrogen-bond donors (Lipinski definition) is 2. The summed E-state index contributed by atoms with van der Waals surface area (Å²) < 4.78 is 51.0. The highest BCUT2D eigenvalue weighted by Crippen LogP contribution is 2.33. The summed E-state index contributed by atoms with van der Waals surface area (Å²) in [5, 5.41) is 7.05. The van der Waals surface area contributed by atoms with Crippen LogP contribution < -0.4 is 10.6 Å². The van der Waals surface area contributed by atoms with E-state index < -0.39 is 23.7 Å². The lowest BCUT2D eigenvalue weighted by atomic mass is 10.1. The van der Waals surface area contributed by atoms with Crippen LogP contribution in [0.15, 0.2) is 40.9 Å². The Morgan fingerprint density at radius 1 is 1.22 bits per heavy atom. The molecule has 1 atom stereocenters. The lowest BCUT2D eigenvalue weighted by molar-refractivity contribution is -0.207. The van der Waals surface area contributed by atoms with Crippen molar-refractivity contribution < 1.29 is 32.0 Å². The largest absolute Gasteiger partial charge is 0.463 e. The molecule has 0 radical (unpaired) electrons. The second-order valence-electron chi connectivity index (χ2n) is 5.63. The fraction of sp³-hybridized carbons (Fsp3) is 0.353. The molecule has 0 unspecified atom stereocenters. The first-order valence-corrected chi connectivity index (χ1v) is 7.98. The van der Waals surface area contributed by atoms with Crippen molar-refractivity contribution in [3.63, 3.8) is 0 Å². The number of ether oxygens (including phenoxy) is 1. The molecule has 0 saturated heterocycles. The number of halogens is 3. The van der Waals surface area contributed by atoms with Crippen LogP contribution in [0.2, 0.25) is 0 Å². The molecule has 0 bridgehead atoms. The molecule has 0 aliphatic carbocycles. The van der Waals surface area contributed by atoms with Crippen molar-refractivity contribution in [2.45, 2.75) is 32.1 Å². The van der Waals surface area contributed by atoms with Gasteiger partial charge in [0, 0.05) is 6.07 Å². The molecular formula is C17H18F3N3O4. The third-order valence-electron chi connectivity index (χ3n) is 3.48. The standard InChI is InChI=1S/C17H18F3N3O4/c1-3-26-15(25)16(17(18,19)20,21-13-9-11(2)27-23-13)22-14(24)10-12-7-5-4-6-8-12/h4-9H,3,10H2,1-2H3,(H,21,23)(H,22,24)/t16-/m0/s1. The number of amides is 1. The summed E-state index contributed by atoms with van der Waals surface area (Å²) in [6, 6.07) is 9.29. The van der Waals surface area contributed by atoms with Crippen LogP contribution in [0.4, 0.5) is 19.0 Å². The second-order valence-corrected chi connectivity index (χ2v) is 5.63. The van der Waals surface area contributed by atoms with E-state index in [4.69, 9.17) is 4.52 Å². The fourth-order valence-electron chi connectivity index (χ4n) is 2.28. The van der Waals surface area contributed by atoms with Crippen LogP contribution in [0.25, 0.3) is 0 Å². The van der Waals surface area contributed by atoms with Gasteiger partial charge in [0.2, 0.25) is 5.91 Å². The molecule has 0 aliphatic heterocycles. The molecule has 0 aliphatic rings. The average Bonchev–Trinajstić information content (AvgIpc) is 2.99. The van der Waals surface area contributed by atoms with Crippen LogP contribution in [0.1, 0.15) is 18.2 Å². The van der Waals surface area contributed by atoms with Gasteiger partial charge in [-0.25, -0.2) is 4.79 Å². The lowest BCUT2D eigenvalue weighted by Crippen LogP contribution is -2.69. The van der Waals surface area contributed by atoms with E-state index in [-0.39, 0.29) is 24.6 Å². The number of aromatic nitrogens is 1. The topological polar surface area (TPSA) is 93.5 Å². The highest BCUT2D eigenvalue weighted by Gasteiger charge is 2.64. The number of hydrogen-bond acceptors (Lipinski definition) is 6. The Balaban J connectivity index is 2.36. The first kappa shape index (κ1) is 20.3. The zero-order valence-corrected chi connectivity index (χ0v) is 14.6. The molecule has 1 heterocycles. The van der Waals surface area contributed by atoms with Crippen molar-refractivity contribution in [3.05, 3.63) is 47.7 Å². The molecule has 146 valence electrons. The number of carbonyl (C=O) groups is 2. The molecule has 0 spiro atoms. The average molecular weight is 385 g/mol. The quantitative estimate of drug-likeness (QED) is 0.562. The van der Waals surface area contributed by atoms with Gasteiger partial charge in [-0.2, -0.15) is 13.2 Å². The molecule has 2 aromatic rings. The number of anilines is 1. The Bertz CT molecular complexity index is 792. The highest BCUT2D eigenvalue weighted by molar-refractivity contribution is 5.91. The van der Waals surface area contributed by atoms with E-state index in [1.165, 1.54) is 13.8 Å². The van der Waals surface area contributed by atoms with Crippen molar-refractivity contribution >= 4 is 17.7 Å². The number of rotatable bonds is 7. The molecule has 10 heteroatoms. The predicted octanol–water partition coefficient (Wildman–Crippen LogP) is 2.58. The van der Waals surface area contributed by atoms with E-state index in [1.807, 2.05) is 5.32 Å². The SMILES string of the molecule is CCOC(=O)[C@@](NC(=O)Cc1ccccc1)(Nc1cc(C)on1)C(F)(F)F. The van der Waals surface area contributed by atoms with Crippen molar-refractivity contribution in [1.82, 2.24) is 10.5 Å². The van der Waals surface area contributed by atoms with Gasteiger partial charge in [0.1, 0.15) is 5.76 Å². The number of nitrogens with zero attached hydrogens (tertiary/aromatic N) is 1. The summed E-state index contributed by atoms with van der Waals surface area (Å²) >= 11 is 0. The molecule has 7 nitrogen and oxygen atoms in total. The molecule has 1 aromatic heterocycles. The van der Waals surface area contributed by atoms with Gasteiger partial charge in [-0.05, 0) is 19.4 Å². The number of alkyl halides is 3. The van der Waals surface area contributed by atoms with Gasteiger partial charge in [0.15, 0.2) is 5.82 Å². The van der Waals surface area contributed by atoms with E-state index >= 15 is 0 Å². The Morgan fingerprint density at radius 2 is 1.89 bits per heavy atom. The minimum Gasteiger partial charge on any atom is -0.463 e. The van der Waals surface area contributed by atoms with Crippen molar-refractivity contribution in [1.29, 1.82) is 0 Å². The van der Waals surface area contributed by atoms with Crippen LogP contribution in [0.5, 0.6) is 0 Å². The van der Waals surface area contributed by atoms with E-state index in [0.29, 0.717) is 5.56 Å². The number of esters is 1. The molecule has 1 aromatic carbocycles. The Morgan fingerprint density at radius 3 is 2.41 bits per heavy atom. The van der Waals surface area contributed by atoms with Gasteiger partial charge in [0.05, 0.1) is 13.0 Å². The molecular weight excluding hydrogens is 367 g/mol. The monoisotopic (exact) mass is 385 g/mol. The van der Waals surface area contributed by atoms with Crippen LogP contribution >= 0.6 is 0 Å². The maximum atomic E-state index is 13.9. The summed E-state index contributed by atoms with van der Waals surface area (Å²) in [6.07, 6.45) is -5.59. The number of benzene rings is 1. The maximum Gasteiger partial charge on any atom is 0.441 e. The van der Waals surface area contributed by atoms with Crippen molar-refractivity contribution in [2.24, 2.45) is 0 Å². The summed E-state index contributed by atoms with van der Waals surface area (Å²) in [5.41, 5.74) is -3.04. The van der Waals surface area contributed by atoms with Crippen LogP contribution in [-0.4, -0.2) is 35.5 Å². The third kappa shape index (κ3) is 4.78.